The molecule has 0 bridgehead atoms. The van der Waals surface area contributed by atoms with Crippen LogP contribution in [0.3, 0.4) is 0 Å². The molecule has 0 aliphatic carbocycles. The number of carbonyl (C=O) groups is 1. The van der Waals surface area contributed by atoms with Gasteiger partial charge in [0.25, 0.3) is 0 Å². The van der Waals surface area contributed by atoms with Crippen LogP contribution in [0.4, 0.5) is 4.79 Å². The number of ether oxygens (including phenoxy) is 1. The van der Waals surface area contributed by atoms with E-state index in [0.717, 1.165) is 17.7 Å². The fraction of sp³-hybridized carbons (Fsp3) is 0.462. The van der Waals surface area contributed by atoms with E-state index in [1.54, 1.807) is 14.2 Å². The first kappa shape index (κ1) is 13.8. The number of methoxy groups -OCH3 is 1. The minimum Gasteiger partial charge on any atom is -0.496 e. The van der Waals surface area contributed by atoms with Crippen LogP contribution in [0.25, 0.3) is 0 Å². The summed E-state index contributed by atoms with van der Waals surface area (Å²) in [6.07, 6.45) is 0.740. The quantitative estimate of drug-likeness (QED) is 0.611. The lowest BCUT2D eigenvalue weighted by molar-refractivity contribution is 0.232. The van der Waals surface area contributed by atoms with Crippen molar-refractivity contribution in [3.05, 3.63) is 28.8 Å². The molecule has 17 heavy (non-hydrogen) atoms. The van der Waals surface area contributed by atoms with Gasteiger partial charge in [0.15, 0.2) is 0 Å². The number of amides is 1. The maximum absolute atomic E-state index is 10.9. The third kappa shape index (κ3) is 3.63. The van der Waals surface area contributed by atoms with Gasteiger partial charge in [-0.15, -0.1) is 0 Å². The summed E-state index contributed by atoms with van der Waals surface area (Å²) in [7, 11) is 3.35. The highest BCUT2D eigenvalue weighted by atomic mass is 35.5. The molecule has 0 heterocycles. The molecule has 0 saturated heterocycles. The van der Waals surface area contributed by atoms with Crippen molar-refractivity contribution in [3.63, 3.8) is 0 Å². The summed E-state index contributed by atoms with van der Waals surface area (Å²) in [4.78, 5) is 12.4. The summed E-state index contributed by atoms with van der Waals surface area (Å²) in [5, 5.41) is -0.436. The van der Waals surface area contributed by atoms with Crippen LogP contribution in [-0.4, -0.2) is 31.0 Å². The standard InChI is InChI=1S/C13H18ClNO2/c1-9-7-10(2)11(12(8-9)17-4)5-6-15(3)13(14)16/h7-8H,5-6H2,1-4H3. The van der Waals surface area contributed by atoms with E-state index >= 15 is 0 Å². The smallest absolute Gasteiger partial charge is 0.316 e. The van der Waals surface area contributed by atoms with Crippen molar-refractivity contribution >= 4 is 17.0 Å². The molecule has 0 unspecified atom stereocenters. The summed E-state index contributed by atoms with van der Waals surface area (Å²) in [6.45, 7) is 4.67. The summed E-state index contributed by atoms with van der Waals surface area (Å²) in [5.41, 5.74) is 3.48. The first-order chi connectivity index (χ1) is 7.95. The van der Waals surface area contributed by atoms with Crippen LogP contribution in [0.2, 0.25) is 0 Å². The van der Waals surface area contributed by atoms with Gasteiger partial charge in [0.2, 0.25) is 0 Å². The van der Waals surface area contributed by atoms with Crippen LogP contribution in [0.1, 0.15) is 16.7 Å². The molecule has 1 aromatic carbocycles. The number of rotatable bonds is 4. The Morgan fingerprint density at radius 3 is 2.59 bits per heavy atom. The van der Waals surface area contributed by atoms with Crippen molar-refractivity contribution in [1.29, 1.82) is 0 Å². The monoisotopic (exact) mass is 255 g/mol. The largest absolute Gasteiger partial charge is 0.496 e. The fourth-order valence-electron chi connectivity index (χ4n) is 1.83. The SMILES string of the molecule is COc1cc(C)cc(C)c1CCN(C)C(=O)Cl. The number of halogens is 1. The van der Waals surface area contributed by atoms with E-state index in [9.17, 15) is 4.79 Å². The van der Waals surface area contributed by atoms with E-state index in [4.69, 9.17) is 16.3 Å². The lowest BCUT2D eigenvalue weighted by Crippen LogP contribution is -2.23. The molecule has 0 aliphatic heterocycles. The first-order valence-corrected chi connectivity index (χ1v) is 5.88. The van der Waals surface area contributed by atoms with Crippen molar-refractivity contribution in [1.82, 2.24) is 4.90 Å². The molecule has 0 spiro atoms. The van der Waals surface area contributed by atoms with Gasteiger partial charge in [-0.2, -0.15) is 0 Å². The van der Waals surface area contributed by atoms with E-state index in [1.165, 1.54) is 16.0 Å². The van der Waals surface area contributed by atoms with Crippen LogP contribution < -0.4 is 4.74 Å². The summed E-state index contributed by atoms with van der Waals surface area (Å²) < 4.78 is 5.36. The average molecular weight is 256 g/mol. The molecule has 94 valence electrons. The Morgan fingerprint density at radius 2 is 2.06 bits per heavy atom. The van der Waals surface area contributed by atoms with Crippen LogP contribution in [0.15, 0.2) is 12.1 Å². The summed E-state index contributed by atoms with van der Waals surface area (Å²) >= 11 is 5.39. The molecule has 4 heteroatoms. The molecule has 0 aliphatic rings. The molecule has 1 rings (SSSR count). The zero-order chi connectivity index (χ0) is 13.0. The Kier molecular flexibility index (Phi) is 4.82. The van der Waals surface area contributed by atoms with Gasteiger partial charge in [-0.3, -0.25) is 4.79 Å². The number of nitrogens with zero attached hydrogens (tertiary/aromatic N) is 1. The van der Waals surface area contributed by atoms with E-state index in [1.807, 2.05) is 19.9 Å². The predicted molar refractivity (Wildman–Crippen MR) is 70.1 cm³/mol. The Balaban J connectivity index is 2.86. The van der Waals surface area contributed by atoms with Gasteiger partial charge in [-0.1, -0.05) is 6.07 Å². The topological polar surface area (TPSA) is 29.5 Å². The second-order valence-corrected chi connectivity index (χ2v) is 4.51. The molecule has 0 radical (unpaired) electrons. The Hall–Kier alpha value is -1.22. The normalized spacial score (nSPS) is 10.2. The average Bonchev–Trinajstić information content (AvgIpc) is 2.26. The number of hydrogen-bond acceptors (Lipinski definition) is 2. The maximum Gasteiger partial charge on any atom is 0.316 e. The molecule has 0 saturated carbocycles. The Labute approximate surface area is 107 Å². The van der Waals surface area contributed by atoms with E-state index in [0.29, 0.717) is 6.54 Å². The van der Waals surface area contributed by atoms with Crippen molar-refractivity contribution < 1.29 is 9.53 Å². The second kappa shape index (κ2) is 5.92. The van der Waals surface area contributed by atoms with Crippen molar-refractivity contribution in [2.45, 2.75) is 20.3 Å². The molecule has 0 fully saturated rings. The number of carbonyl (C=O) groups excluding carboxylic acids is 1. The minimum atomic E-state index is -0.436. The van der Waals surface area contributed by atoms with Crippen LogP contribution in [0.5, 0.6) is 5.75 Å². The third-order valence-electron chi connectivity index (χ3n) is 2.79. The fourth-order valence-corrected chi connectivity index (χ4v) is 1.91. The van der Waals surface area contributed by atoms with Gasteiger partial charge < -0.3 is 9.64 Å². The van der Waals surface area contributed by atoms with Gasteiger partial charge in [0.1, 0.15) is 5.75 Å². The Bertz CT molecular complexity index is 418. The van der Waals surface area contributed by atoms with Gasteiger partial charge in [-0.25, -0.2) is 0 Å². The van der Waals surface area contributed by atoms with Gasteiger partial charge in [-0.05, 0) is 54.6 Å². The third-order valence-corrected chi connectivity index (χ3v) is 3.08. The molecule has 1 aromatic rings. The number of aryl methyl sites for hydroxylation is 2. The van der Waals surface area contributed by atoms with Gasteiger partial charge in [0.05, 0.1) is 7.11 Å². The van der Waals surface area contributed by atoms with Crippen molar-refractivity contribution in [2.75, 3.05) is 20.7 Å². The summed E-state index contributed by atoms with van der Waals surface area (Å²) in [6, 6.07) is 4.12. The predicted octanol–water partition coefficient (Wildman–Crippen LogP) is 3.15. The second-order valence-electron chi connectivity index (χ2n) is 4.19. The zero-order valence-electron chi connectivity index (χ0n) is 10.7. The van der Waals surface area contributed by atoms with Crippen molar-refractivity contribution in [2.24, 2.45) is 0 Å². The number of hydrogen-bond donors (Lipinski definition) is 0. The minimum absolute atomic E-state index is 0.436. The molecular weight excluding hydrogens is 238 g/mol. The van der Waals surface area contributed by atoms with E-state index in [2.05, 4.69) is 6.07 Å². The van der Waals surface area contributed by atoms with Crippen LogP contribution in [0, 0.1) is 13.8 Å². The molecule has 1 amide bonds. The van der Waals surface area contributed by atoms with Crippen molar-refractivity contribution in [3.8, 4) is 5.75 Å². The highest BCUT2D eigenvalue weighted by molar-refractivity contribution is 6.62. The lowest BCUT2D eigenvalue weighted by Gasteiger charge is -2.17. The lowest BCUT2D eigenvalue weighted by atomic mass is 10.0. The van der Waals surface area contributed by atoms with Crippen LogP contribution >= 0.6 is 11.6 Å². The molecule has 0 atom stereocenters. The van der Waals surface area contributed by atoms with E-state index in [-0.39, 0.29) is 0 Å². The van der Waals surface area contributed by atoms with Crippen LogP contribution in [-0.2, 0) is 6.42 Å². The Morgan fingerprint density at radius 1 is 1.41 bits per heavy atom. The number of benzene rings is 1. The first-order valence-electron chi connectivity index (χ1n) is 5.50. The zero-order valence-corrected chi connectivity index (χ0v) is 11.5. The van der Waals surface area contributed by atoms with Gasteiger partial charge >= 0.3 is 5.37 Å². The maximum atomic E-state index is 10.9. The number of likely N-dealkylation sites (N-methyl/N-ethyl adjacent to an activating group) is 1. The van der Waals surface area contributed by atoms with E-state index < -0.39 is 5.37 Å². The molecule has 3 nitrogen and oxygen atoms in total. The molecule has 0 aromatic heterocycles. The highest BCUT2D eigenvalue weighted by Crippen LogP contribution is 2.24. The molecular formula is C13H18ClNO2. The highest BCUT2D eigenvalue weighted by Gasteiger charge is 2.10. The summed E-state index contributed by atoms with van der Waals surface area (Å²) in [5.74, 6) is 0.873. The van der Waals surface area contributed by atoms with Gasteiger partial charge in [0, 0.05) is 13.6 Å². The molecule has 0 N–H and O–H groups in total.